The number of ether oxygens (including phenoxy) is 1. The van der Waals surface area contributed by atoms with E-state index in [9.17, 15) is 13.2 Å². The van der Waals surface area contributed by atoms with Gasteiger partial charge >= 0.3 is 6.18 Å². The molecule has 0 saturated heterocycles. The summed E-state index contributed by atoms with van der Waals surface area (Å²) in [5.74, 6) is 0. The van der Waals surface area contributed by atoms with E-state index in [0.29, 0.717) is 12.2 Å². The first-order valence-corrected chi connectivity index (χ1v) is 6.78. The minimum Gasteiger partial charge on any atom is -0.383 e. The highest BCUT2D eigenvalue weighted by Gasteiger charge is 2.33. The Morgan fingerprint density at radius 1 is 1.37 bits per heavy atom. The van der Waals surface area contributed by atoms with Crippen molar-refractivity contribution in [1.29, 1.82) is 0 Å². The van der Waals surface area contributed by atoms with Crippen molar-refractivity contribution in [1.82, 2.24) is 5.32 Å². The lowest BCUT2D eigenvalue weighted by Crippen LogP contribution is -2.26. The topological polar surface area (TPSA) is 21.3 Å². The molecule has 1 N–H and O–H groups in total. The summed E-state index contributed by atoms with van der Waals surface area (Å²) in [5, 5.41) is 3.18. The van der Waals surface area contributed by atoms with Crippen LogP contribution >= 0.6 is 15.9 Å². The zero-order valence-electron chi connectivity index (χ0n) is 10.9. The SMILES string of the molecule is CCCNC(COC)c1ccc(Br)c(C(F)(F)F)c1. The first-order valence-electron chi connectivity index (χ1n) is 5.99. The van der Waals surface area contributed by atoms with E-state index >= 15 is 0 Å². The molecule has 1 atom stereocenters. The third kappa shape index (κ3) is 4.78. The van der Waals surface area contributed by atoms with Crippen molar-refractivity contribution >= 4 is 15.9 Å². The molecule has 2 nitrogen and oxygen atoms in total. The predicted octanol–water partition coefficient (Wildman–Crippen LogP) is 4.16. The van der Waals surface area contributed by atoms with Crippen molar-refractivity contribution in [2.45, 2.75) is 25.6 Å². The smallest absolute Gasteiger partial charge is 0.383 e. The molecule has 0 radical (unpaired) electrons. The molecule has 19 heavy (non-hydrogen) atoms. The maximum atomic E-state index is 12.8. The molecule has 0 bridgehead atoms. The van der Waals surface area contributed by atoms with E-state index < -0.39 is 11.7 Å². The summed E-state index contributed by atoms with van der Waals surface area (Å²) < 4.78 is 43.7. The fourth-order valence-corrected chi connectivity index (χ4v) is 2.21. The van der Waals surface area contributed by atoms with E-state index in [4.69, 9.17) is 4.74 Å². The molecule has 0 aromatic heterocycles. The third-order valence-electron chi connectivity index (χ3n) is 2.67. The van der Waals surface area contributed by atoms with Gasteiger partial charge in [0.25, 0.3) is 0 Å². The van der Waals surface area contributed by atoms with Crippen molar-refractivity contribution < 1.29 is 17.9 Å². The molecular weight excluding hydrogens is 323 g/mol. The fraction of sp³-hybridized carbons (Fsp3) is 0.538. The van der Waals surface area contributed by atoms with Crippen LogP contribution in [-0.2, 0) is 10.9 Å². The van der Waals surface area contributed by atoms with Gasteiger partial charge in [0.2, 0.25) is 0 Å². The molecule has 0 saturated carbocycles. The summed E-state index contributed by atoms with van der Waals surface area (Å²) in [6.45, 7) is 3.06. The fourth-order valence-electron chi connectivity index (χ4n) is 1.74. The van der Waals surface area contributed by atoms with Gasteiger partial charge in [0.15, 0.2) is 0 Å². The third-order valence-corrected chi connectivity index (χ3v) is 3.36. The zero-order valence-corrected chi connectivity index (χ0v) is 12.4. The first-order chi connectivity index (χ1) is 8.90. The second-order valence-corrected chi connectivity index (χ2v) is 5.05. The first kappa shape index (κ1) is 16.5. The highest BCUT2D eigenvalue weighted by atomic mass is 79.9. The van der Waals surface area contributed by atoms with Gasteiger partial charge in [-0.2, -0.15) is 13.2 Å². The van der Waals surface area contributed by atoms with Gasteiger partial charge in [-0.05, 0) is 30.7 Å². The summed E-state index contributed by atoms with van der Waals surface area (Å²) in [6.07, 6.45) is -3.46. The van der Waals surface area contributed by atoms with Gasteiger partial charge in [0.1, 0.15) is 0 Å². The second kappa shape index (κ2) is 7.26. The maximum absolute atomic E-state index is 12.8. The van der Waals surface area contributed by atoms with Gasteiger partial charge in [-0.25, -0.2) is 0 Å². The monoisotopic (exact) mass is 339 g/mol. The molecule has 0 amide bonds. The standard InChI is InChI=1S/C13H17BrF3NO/c1-3-6-18-12(8-19-2)9-4-5-11(14)10(7-9)13(15,16)17/h4-5,7,12,18H,3,6,8H2,1-2H3. The second-order valence-electron chi connectivity index (χ2n) is 4.20. The normalized spacial score (nSPS) is 13.6. The number of alkyl halides is 3. The number of hydrogen-bond acceptors (Lipinski definition) is 2. The number of methoxy groups -OCH3 is 1. The highest BCUT2D eigenvalue weighted by Crippen LogP contribution is 2.36. The van der Waals surface area contributed by atoms with Gasteiger partial charge in [0.05, 0.1) is 18.2 Å². The van der Waals surface area contributed by atoms with E-state index in [-0.39, 0.29) is 10.5 Å². The summed E-state index contributed by atoms with van der Waals surface area (Å²) >= 11 is 2.94. The highest BCUT2D eigenvalue weighted by molar-refractivity contribution is 9.10. The van der Waals surface area contributed by atoms with Crippen molar-refractivity contribution in [3.8, 4) is 0 Å². The van der Waals surface area contributed by atoms with E-state index in [1.165, 1.54) is 13.2 Å². The van der Waals surface area contributed by atoms with Gasteiger partial charge < -0.3 is 10.1 Å². The number of benzene rings is 1. The van der Waals surface area contributed by atoms with Gasteiger partial charge in [-0.15, -0.1) is 0 Å². The molecule has 0 heterocycles. The van der Waals surface area contributed by atoms with Crippen molar-refractivity contribution in [3.63, 3.8) is 0 Å². The van der Waals surface area contributed by atoms with Crippen LogP contribution in [-0.4, -0.2) is 20.3 Å². The molecule has 0 spiro atoms. The van der Waals surface area contributed by atoms with Crippen LogP contribution in [0.25, 0.3) is 0 Å². The lowest BCUT2D eigenvalue weighted by Gasteiger charge is -2.20. The Morgan fingerprint density at radius 3 is 2.58 bits per heavy atom. The molecular formula is C13H17BrF3NO. The minimum absolute atomic E-state index is 0.0513. The van der Waals surface area contributed by atoms with Crippen LogP contribution in [0.5, 0.6) is 0 Å². The Hall–Kier alpha value is -0.590. The van der Waals surface area contributed by atoms with Crippen LogP contribution in [0.15, 0.2) is 22.7 Å². The molecule has 0 aliphatic rings. The van der Waals surface area contributed by atoms with Crippen LogP contribution in [0, 0.1) is 0 Å². The number of rotatable bonds is 6. The quantitative estimate of drug-likeness (QED) is 0.840. The molecule has 1 rings (SSSR count). The van der Waals surface area contributed by atoms with E-state index in [0.717, 1.165) is 19.0 Å². The Labute approximate surface area is 119 Å². The minimum atomic E-state index is -4.36. The number of hydrogen-bond donors (Lipinski definition) is 1. The molecule has 1 aromatic rings. The number of nitrogens with one attached hydrogen (secondary N) is 1. The average Bonchev–Trinajstić information content (AvgIpc) is 2.34. The van der Waals surface area contributed by atoms with Gasteiger partial charge in [0, 0.05) is 11.6 Å². The van der Waals surface area contributed by atoms with Crippen LogP contribution in [0.2, 0.25) is 0 Å². The lowest BCUT2D eigenvalue weighted by atomic mass is 10.0. The molecule has 0 aliphatic carbocycles. The van der Waals surface area contributed by atoms with Crippen LogP contribution in [0.4, 0.5) is 13.2 Å². The van der Waals surface area contributed by atoms with Crippen molar-refractivity contribution in [2.24, 2.45) is 0 Å². The lowest BCUT2D eigenvalue weighted by molar-refractivity contribution is -0.138. The van der Waals surface area contributed by atoms with Gasteiger partial charge in [-0.3, -0.25) is 0 Å². The zero-order chi connectivity index (χ0) is 14.5. The summed E-state index contributed by atoms with van der Waals surface area (Å²) in [6, 6.07) is 4.02. The van der Waals surface area contributed by atoms with Crippen molar-refractivity contribution in [3.05, 3.63) is 33.8 Å². The Morgan fingerprint density at radius 2 is 2.05 bits per heavy atom. The van der Waals surface area contributed by atoms with Crippen LogP contribution in [0.3, 0.4) is 0 Å². The van der Waals surface area contributed by atoms with Crippen LogP contribution < -0.4 is 5.32 Å². The summed E-state index contributed by atoms with van der Waals surface area (Å²) in [7, 11) is 1.53. The van der Waals surface area contributed by atoms with E-state index in [2.05, 4.69) is 21.2 Å². The summed E-state index contributed by atoms with van der Waals surface area (Å²) in [5.41, 5.74) is -0.0878. The predicted molar refractivity (Wildman–Crippen MR) is 72.1 cm³/mol. The van der Waals surface area contributed by atoms with Crippen molar-refractivity contribution in [2.75, 3.05) is 20.3 Å². The molecule has 0 fully saturated rings. The van der Waals surface area contributed by atoms with E-state index in [1.807, 2.05) is 6.92 Å². The Kier molecular flexibility index (Phi) is 6.29. The molecule has 1 unspecified atom stereocenters. The Bertz CT molecular complexity index is 409. The average molecular weight is 340 g/mol. The summed E-state index contributed by atoms with van der Waals surface area (Å²) in [4.78, 5) is 0. The van der Waals surface area contributed by atoms with E-state index in [1.54, 1.807) is 6.07 Å². The maximum Gasteiger partial charge on any atom is 0.417 e. The molecule has 6 heteroatoms. The molecule has 108 valence electrons. The van der Waals surface area contributed by atoms with Crippen LogP contribution in [0.1, 0.15) is 30.5 Å². The van der Waals surface area contributed by atoms with Gasteiger partial charge in [-0.1, -0.05) is 28.9 Å². The largest absolute Gasteiger partial charge is 0.417 e. The molecule has 0 aliphatic heterocycles. The molecule has 1 aromatic carbocycles. The number of halogens is 4. The Balaban J connectivity index is 3.03.